The number of rotatable bonds is 1. The fraction of sp³-hybridized carbons (Fsp3) is 0.529. The standard InChI is InChI=1S/C13H15N2O2.C4H9.Sn/c1-9-10-7-5-6-8-11(10)15(14-9)12(16)17-13(2,3)4;1-4(2)3;/h6-8H,1-4H3;1-3H3;. The minimum atomic E-state index is -0.672. The summed E-state index contributed by atoms with van der Waals surface area (Å²) < 4.78 is 8.63. The molecule has 5 heteroatoms. The van der Waals surface area contributed by atoms with Crippen LogP contribution < -0.4 is 3.58 Å². The zero-order valence-corrected chi connectivity index (χ0v) is 17.3. The van der Waals surface area contributed by atoms with Crippen molar-refractivity contribution in [3.8, 4) is 0 Å². The Morgan fingerprint density at radius 2 is 1.82 bits per heavy atom. The Bertz CT molecular complexity index is 706. The van der Waals surface area contributed by atoms with Crippen molar-refractivity contribution in [3.05, 3.63) is 23.9 Å². The molecule has 0 aliphatic rings. The molecule has 1 aromatic heterocycles. The molecule has 0 bridgehead atoms. The maximum atomic E-state index is 12.3. The van der Waals surface area contributed by atoms with Gasteiger partial charge in [0.25, 0.3) is 0 Å². The molecule has 0 atom stereocenters. The monoisotopic (exact) mass is 408 g/mol. The van der Waals surface area contributed by atoms with E-state index in [1.54, 1.807) is 0 Å². The molecule has 1 heterocycles. The molecule has 0 saturated carbocycles. The van der Waals surface area contributed by atoms with Crippen molar-refractivity contribution in [1.29, 1.82) is 0 Å². The molecule has 0 spiro atoms. The van der Waals surface area contributed by atoms with E-state index in [2.05, 4.69) is 38.0 Å². The van der Waals surface area contributed by atoms with Gasteiger partial charge in [-0.25, -0.2) is 0 Å². The van der Waals surface area contributed by atoms with Crippen LogP contribution in [0.2, 0.25) is 3.43 Å². The number of hydrogen-bond acceptors (Lipinski definition) is 3. The molecule has 2 rings (SSSR count). The summed E-state index contributed by atoms with van der Waals surface area (Å²) in [5, 5.41) is 5.42. The predicted octanol–water partition coefficient (Wildman–Crippen LogP) is 3.68. The predicted molar refractivity (Wildman–Crippen MR) is 91.2 cm³/mol. The average molecular weight is 407 g/mol. The van der Waals surface area contributed by atoms with Crippen molar-refractivity contribution in [2.24, 2.45) is 0 Å². The molecule has 22 heavy (non-hydrogen) atoms. The molecule has 2 radical (unpaired) electrons. The third kappa shape index (κ3) is 4.24. The molecule has 0 saturated heterocycles. The average Bonchev–Trinajstić information content (AvgIpc) is 2.62. The van der Waals surface area contributed by atoms with Crippen molar-refractivity contribution >= 4 is 41.7 Å². The summed E-state index contributed by atoms with van der Waals surface area (Å²) in [6.07, 6.45) is -0.422. The van der Waals surface area contributed by atoms with Crippen LogP contribution in [-0.2, 0) is 4.74 Å². The Labute approximate surface area is 142 Å². The van der Waals surface area contributed by atoms with E-state index >= 15 is 0 Å². The van der Waals surface area contributed by atoms with E-state index in [-0.39, 0.29) is 0 Å². The summed E-state index contributed by atoms with van der Waals surface area (Å²) in [5.41, 5.74) is 1.17. The topological polar surface area (TPSA) is 44.1 Å². The summed E-state index contributed by atoms with van der Waals surface area (Å²) in [6.45, 7) is 14.4. The Morgan fingerprint density at radius 3 is 2.36 bits per heavy atom. The Balaban J connectivity index is 2.41. The molecule has 0 amide bonds. The molecule has 0 fully saturated rings. The van der Waals surface area contributed by atoms with E-state index < -0.39 is 32.8 Å². The molecule has 2 aromatic rings. The first-order valence-electron chi connectivity index (χ1n) is 7.47. The van der Waals surface area contributed by atoms with Gasteiger partial charge in [-0.05, 0) is 0 Å². The molecular formula is C17H24N2O2Sn. The zero-order chi connectivity index (χ0) is 16.7. The van der Waals surface area contributed by atoms with Crippen molar-refractivity contribution in [3.63, 3.8) is 0 Å². The van der Waals surface area contributed by atoms with Crippen molar-refractivity contribution in [1.82, 2.24) is 9.78 Å². The van der Waals surface area contributed by atoms with Gasteiger partial charge in [0, 0.05) is 0 Å². The van der Waals surface area contributed by atoms with E-state index in [1.807, 2.05) is 33.8 Å². The quantitative estimate of drug-likeness (QED) is 0.678. The van der Waals surface area contributed by atoms with Crippen LogP contribution in [0.15, 0.2) is 18.2 Å². The van der Waals surface area contributed by atoms with Crippen LogP contribution in [0, 0.1) is 6.92 Å². The van der Waals surface area contributed by atoms with Crippen LogP contribution >= 0.6 is 0 Å². The molecule has 118 valence electrons. The summed E-state index contributed by atoms with van der Waals surface area (Å²) in [5.74, 6) is 0. The van der Waals surface area contributed by atoms with Gasteiger partial charge in [0.15, 0.2) is 0 Å². The van der Waals surface area contributed by atoms with Gasteiger partial charge in [-0.3, -0.25) is 0 Å². The number of fused-ring (bicyclic) bond motifs is 1. The van der Waals surface area contributed by atoms with Gasteiger partial charge < -0.3 is 0 Å². The van der Waals surface area contributed by atoms with Crippen LogP contribution in [0.1, 0.15) is 47.2 Å². The van der Waals surface area contributed by atoms with Crippen LogP contribution in [0.25, 0.3) is 10.9 Å². The second kappa shape index (κ2) is 5.87. The van der Waals surface area contributed by atoms with E-state index in [4.69, 9.17) is 4.74 Å². The normalized spacial score (nSPS) is 12.7. The number of hydrogen-bond donors (Lipinski definition) is 0. The number of aryl methyl sites for hydroxylation is 1. The number of benzene rings is 1. The van der Waals surface area contributed by atoms with Crippen molar-refractivity contribution < 1.29 is 9.53 Å². The van der Waals surface area contributed by atoms with Gasteiger partial charge >= 0.3 is 142 Å². The molecule has 0 aliphatic carbocycles. The van der Waals surface area contributed by atoms with Crippen LogP contribution in [0.4, 0.5) is 4.79 Å². The summed E-state index contributed by atoms with van der Waals surface area (Å²) in [4.78, 5) is 12.3. The molecular weight excluding hydrogens is 383 g/mol. The molecule has 1 aromatic carbocycles. The summed E-state index contributed by atoms with van der Waals surface area (Å²) in [6, 6.07) is 6.35. The first kappa shape index (κ1) is 17.3. The Hall–Kier alpha value is -1.04. The molecule has 4 nitrogen and oxygen atoms in total. The fourth-order valence-electron chi connectivity index (χ4n) is 2.22. The first-order valence-corrected chi connectivity index (χ1v) is 10.3. The number of carbonyl (C=O) groups excluding carboxylic acids is 1. The number of ether oxygens (including phenoxy) is 1. The molecule has 0 N–H and O–H groups in total. The summed E-state index contributed by atoms with van der Waals surface area (Å²) in [7, 11) is 0. The first-order chi connectivity index (χ1) is 9.96. The zero-order valence-electron chi connectivity index (χ0n) is 14.4. The number of carbonyl (C=O) groups is 1. The summed E-state index contributed by atoms with van der Waals surface area (Å²) >= 11 is -0.672. The van der Waals surface area contributed by atoms with Gasteiger partial charge in [-0.2, -0.15) is 0 Å². The van der Waals surface area contributed by atoms with Crippen LogP contribution in [0.5, 0.6) is 0 Å². The van der Waals surface area contributed by atoms with Gasteiger partial charge in [-0.15, -0.1) is 0 Å². The van der Waals surface area contributed by atoms with Crippen LogP contribution in [0.3, 0.4) is 0 Å². The van der Waals surface area contributed by atoms with Gasteiger partial charge in [0.05, 0.1) is 0 Å². The minimum absolute atomic E-state index is 0.395. The SMILES string of the molecule is Cc1nn(C(=O)OC(C)(C)C)c2cc[c]([Sn][C](C)(C)C)cc12. The van der Waals surface area contributed by atoms with Gasteiger partial charge in [0.2, 0.25) is 0 Å². The number of aromatic nitrogens is 2. The third-order valence-electron chi connectivity index (χ3n) is 2.95. The number of nitrogens with zero attached hydrogens (tertiary/aromatic N) is 2. The maximum absolute atomic E-state index is 12.3. The van der Waals surface area contributed by atoms with E-state index in [0.29, 0.717) is 3.43 Å². The second-order valence-corrected chi connectivity index (χ2v) is 14.2. The van der Waals surface area contributed by atoms with Crippen LogP contribution in [-0.4, -0.2) is 42.6 Å². The molecule has 0 unspecified atom stereocenters. The van der Waals surface area contributed by atoms with E-state index in [9.17, 15) is 4.79 Å². The van der Waals surface area contributed by atoms with Gasteiger partial charge in [-0.1, -0.05) is 0 Å². The van der Waals surface area contributed by atoms with E-state index in [0.717, 1.165) is 16.6 Å². The Morgan fingerprint density at radius 1 is 1.18 bits per heavy atom. The Kier molecular flexibility index (Phi) is 4.62. The van der Waals surface area contributed by atoms with Crippen molar-refractivity contribution in [2.45, 2.75) is 57.5 Å². The second-order valence-electron chi connectivity index (χ2n) is 7.58. The van der Waals surface area contributed by atoms with Crippen molar-refractivity contribution in [2.75, 3.05) is 0 Å². The fourth-order valence-corrected chi connectivity index (χ4v) is 5.79. The van der Waals surface area contributed by atoms with Gasteiger partial charge in [0.1, 0.15) is 0 Å². The molecule has 0 aliphatic heterocycles. The third-order valence-corrected chi connectivity index (χ3v) is 6.80. The van der Waals surface area contributed by atoms with E-state index in [1.165, 1.54) is 8.26 Å².